The number of benzene rings is 2. The fraction of sp³-hybridized carbons (Fsp3) is 0.250. The van der Waals surface area contributed by atoms with Crippen LogP contribution in [0.3, 0.4) is 0 Å². The van der Waals surface area contributed by atoms with E-state index in [9.17, 15) is 9.50 Å². The molecule has 7 nitrogen and oxygen atoms in total. The van der Waals surface area contributed by atoms with E-state index in [1.165, 1.54) is 6.33 Å². The normalized spacial score (nSPS) is 16.9. The van der Waals surface area contributed by atoms with Gasteiger partial charge in [0, 0.05) is 17.3 Å². The molecule has 1 atom stereocenters. The van der Waals surface area contributed by atoms with Crippen LogP contribution in [0.4, 0.5) is 10.2 Å². The number of aromatic amines is 1. The first kappa shape index (κ1) is 16.7. The zero-order valence-electron chi connectivity index (χ0n) is 15.0. The summed E-state index contributed by atoms with van der Waals surface area (Å²) in [5, 5.41) is 11.7. The van der Waals surface area contributed by atoms with Gasteiger partial charge in [0.05, 0.1) is 6.04 Å². The van der Waals surface area contributed by atoms with Crippen LogP contribution in [0, 0.1) is 6.08 Å². The molecule has 2 N–H and O–H groups in total. The molecule has 0 radical (unpaired) electrons. The van der Waals surface area contributed by atoms with Crippen LogP contribution < -0.4 is 9.64 Å². The lowest BCUT2D eigenvalue weighted by Gasteiger charge is -2.26. The van der Waals surface area contributed by atoms with Crippen molar-refractivity contribution < 1.29 is 14.2 Å². The van der Waals surface area contributed by atoms with Crippen LogP contribution in [-0.2, 0) is 0 Å². The van der Waals surface area contributed by atoms with Crippen molar-refractivity contribution in [2.24, 2.45) is 0 Å². The Hall–Kier alpha value is -3.42. The lowest BCUT2D eigenvalue weighted by molar-refractivity contribution is 0.291. The summed E-state index contributed by atoms with van der Waals surface area (Å²) in [5.41, 5.74) is 0.820. The number of anilines is 1. The van der Waals surface area contributed by atoms with Gasteiger partial charge in [-0.15, -0.1) is 0 Å². The average Bonchev–Trinajstić information content (AvgIpc) is 3.33. The summed E-state index contributed by atoms with van der Waals surface area (Å²) in [4.78, 5) is 16.9. The predicted octanol–water partition coefficient (Wildman–Crippen LogP) is 3.40. The first-order valence-corrected chi connectivity index (χ1v) is 9.17. The van der Waals surface area contributed by atoms with Crippen molar-refractivity contribution in [3.63, 3.8) is 0 Å². The molecule has 0 unspecified atom stereocenters. The van der Waals surface area contributed by atoms with Crippen LogP contribution >= 0.6 is 0 Å². The second kappa shape index (κ2) is 6.63. The number of fused-ring (bicyclic) bond motifs is 2. The third kappa shape index (κ3) is 2.77. The Bertz CT molecular complexity index is 1160. The first-order valence-electron chi connectivity index (χ1n) is 9.17. The lowest BCUT2D eigenvalue weighted by Crippen LogP contribution is -2.35. The second-order valence-electron chi connectivity index (χ2n) is 6.85. The summed E-state index contributed by atoms with van der Waals surface area (Å²) >= 11 is 0. The molecule has 0 spiro atoms. The van der Waals surface area contributed by atoms with Crippen LogP contribution in [0.15, 0.2) is 42.7 Å². The standard InChI is InChI=1S/C20H18FN5O2/c21-20-24-17-18(25-20)22-11-23-19(17)26-9-3-4-12(26)10-28-16-8-7-15(27)13-5-1-2-6-14(13)16/h1-2,5-8,11-12,27H,3-4,9-10H2,(H,22,23,24,25)/t12-/m1/s1. The molecule has 8 heteroatoms. The smallest absolute Gasteiger partial charge is 0.289 e. The number of rotatable bonds is 4. The van der Waals surface area contributed by atoms with E-state index in [2.05, 4.69) is 24.8 Å². The van der Waals surface area contributed by atoms with Crippen molar-refractivity contribution in [2.75, 3.05) is 18.1 Å². The van der Waals surface area contributed by atoms with Gasteiger partial charge < -0.3 is 19.7 Å². The number of hydrogen-bond donors (Lipinski definition) is 2. The maximum Gasteiger partial charge on any atom is 0.289 e. The van der Waals surface area contributed by atoms with Crippen molar-refractivity contribution >= 4 is 27.8 Å². The van der Waals surface area contributed by atoms with Crippen molar-refractivity contribution in [1.82, 2.24) is 19.9 Å². The first-order chi connectivity index (χ1) is 13.7. The molecular formula is C20H18FN5O2. The molecule has 5 rings (SSSR count). The number of phenolic OH excluding ortho intramolecular Hbond substituents is 1. The van der Waals surface area contributed by atoms with Crippen molar-refractivity contribution in [3.05, 3.63) is 48.8 Å². The highest BCUT2D eigenvalue weighted by molar-refractivity contribution is 5.93. The second-order valence-corrected chi connectivity index (χ2v) is 6.85. The number of aromatic hydroxyl groups is 1. The molecule has 1 aliphatic rings. The number of nitrogens with zero attached hydrogens (tertiary/aromatic N) is 4. The van der Waals surface area contributed by atoms with Gasteiger partial charge in [-0.05, 0) is 25.0 Å². The van der Waals surface area contributed by atoms with Gasteiger partial charge >= 0.3 is 0 Å². The molecule has 0 amide bonds. The lowest BCUT2D eigenvalue weighted by atomic mass is 10.1. The molecule has 4 aromatic rings. The number of phenols is 1. The maximum atomic E-state index is 13.5. The van der Waals surface area contributed by atoms with E-state index in [1.807, 2.05) is 24.3 Å². The van der Waals surface area contributed by atoms with Crippen LogP contribution in [0.2, 0.25) is 0 Å². The quantitative estimate of drug-likeness (QED) is 0.529. The summed E-state index contributed by atoms with van der Waals surface area (Å²) in [5.74, 6) is 1.60. The third-order valence-electron chi connectivity index (χ3n) is 5.18. The Labute approximate surface area is 159 Å². The van der Waals surface area contributed by atoms with Gasteiger partial charge in [0.15, 0.2) is 11.5 Å². The van der Waals surface area contributed by atoms with E-state index in [0.29, 0.717) is 23.6 Å². The van der Waals surface area contributed by atoms with E-state index in [4.69, 9.17) is 4.74 Å². The fourth-order valence-electron chi connectivity index (χ4n) is 3.86. The van der Waals surface area contributed by atoms with E-state index in [0.717, 1.165) is 35.9 Å². The molecule has 1 saturated heterocycles. The van der Waals surface area contributed by atoms with E-state index in [-0.39, 0.29) is 11.8 Å². The number of ether oxygens (including phenoxy) is 1. The van der Waals surface area contributed by atoms with E-state index < -0.39 is 6.08 Å². The van der Waals surface area contributed by atoms with Crippen molar-refractivity contribution in [1.29, 1.82) is 0 Å². The van der Waals surface area contributed by atoms with Gasteiger partial charge in [0.25, 0.3) is 6.08 Å². The highest BCUT2D eigenvalue weighted by atomic mass is 19.1. The minimum atomic E-state index is -0.667. The average molecular weight is 379 g/mol. The van der Waals surface area contributed by atoms with E-state index >= 15 is 0 Å². The molecule has 3 heterocycles. The van der Waals surface area contributed by atoms with Gasteiger partial charge in [0.2, 0.25) is 0 Å². The van der Waals surface area contributed by atoms with Gasteiger partial charge in [-0.25, -0.2) is 9.97 Å². The van der Waals surface area contributed by atoms with Crippen molar-refractivity contribution in [2.45, 2.75) is 18.9 Å². The van der Waals surface area contributed by atoms with Gasteiger partial charge in [0.1, 0.15) is 29.9 Å². The molecular weight excluding hydrogens is 361 g/mol. The predicted molar refractivity (Wildman–Crippen MR) is 103 cm³/mol. The SMILES string of the molecule is Oc1ccc(OC[C@H]2CCCN2c2ncnc3nc(F)[nH]c23)c2ccccc12. The topological polar surface area (TPSA) is 87.2 Å². The number of aromatic nitrogens is 4. The molecule has 2 aromatic heterocycles. The number of imidazole rings is 1. The third-order valence-corrected chi connectivity index (χ3v) is 5.18. The minimum absolute atomic E-state index is 0.0945. The van der Waals surface area contributed by atoms with E-state index in [1.54, 1.807) is 12.1 Å². The highest BCUT2D eigenvalue weighted by Crippen LogP contribution is 2.33. The number of nitrogens with one attached hydrogen (secondary N) is 1. The monoisotopic (exact) mass is 379 g/mol. The molecule has 0 aliphatic carbocycles. The molecule has 0 saturated carbocycles. The Balaban J connectivity index is 1.42. The van der Waals surface area contributed by atoms with Crippen LogP contribution in [0.25, 0.3) is 21.9 Å². The molecule has 142 valence electrons. The fourth-order valence-corrected chi connectivity index (χ4v) is 3.86. The maximum absolute atomic E-state index is 13.5. The molecule has 2 aromatic carbocycles. The highest BCUT2D eigenvalue weighted by Gasteiger charge is 2.29. The largest absolute Gasteiger partial charge is 0.507 e. The summed E-state index contributed by atoms with van der Waals surface area (Å²) in [6.45, 7) is 1.26. The zero-order valence-corrected chi connectivity index (χ0v) is 15.0. The number of H-pyrrole nitrogens is 1. The van der Waals surface area contributed by atoms with Crippen LogP contribution in [0.5, 0.6) is 11.5 Å². The Morgan fingerprint density at radius 1 is 1.18 bits per heavy atom. The number of hydrogen-bond acceptors (Lipinski definition) is 6. The molecule has 0 bridgehead atoms. The minimum Gasteiger partial charge on any atom is -0.507 e. The summed E-state index contributed by atoms with van der Waals surface area (Å²) in [6.07, 6.45) is 2.67. The Kier molecular flexibility index (Phi) is 3.96. The molecule has 1 aliphatic heterocycles. The van der Waals surface area contributed by atoms with Crippen molar-refractivity contribution in [3.8, 4) is 11.5 Å². The summed E-state index contributed by atoms with van der Waals surface area (Å²) < 4.78 is 19.7. The molecule has 1 fully saturated rings. The van der Waals surface area contributed by atoms with Gasteiger partial charge in [-0.1, -0.05) is 24.3 Å². The Morgan fingerprint density at radius 2 is 2.04 bits per heavy atom. The van der Waals surface area contributed by atoms with Crippen LogP contribution in [0.1, 0.15) is 12.8 Å². The summed E-state index contributed by atoms with van der Waals surface area (Å²) in [7, 11) is 0. The van der Waals surface area contributed by atoms with Gasteiger partial charge in [-0.3, -0.25) is 0 Å². The zero-order chi connectivity index (χ0) is 19.1. The molecule has 28 heavy (non-hydrogen) atoms. The number of halogens is 1. The Morgan fingerprint density at radius 3 is 2.93 bits per heavy atom. The summed E-state index contributed by atoms with van der Waals surface area (Å²) in [6, 6.07) is 11.1. The van der Waals surface area contributed by atoms with Crippen LogP contribution in [-0.4, -0.2) is 44.2 Å². The van der Waals surface area contributed by atoms with Gasteiger partial charge in [-0.2, -0.15) is 9.37 Å².